The van der Waals surface area contributed by atoms with Gasteiger partial charge in [0.25, 0.3) is 5.56 Å². The predicted octanol–water partition coefficient (Wildman–Crippen LogP) is 1.06. The van der Waals surface area contributed by atoms with Gasteiger partial charge in [0.15, 0.2) is 0 Å². The van der Waals surface area contributed by atoms with E-state index < -0.39 is 0 Å². The van der Waals surface area contributed by atoms with Crippen LogP contribution in [-0.2, 0) is 6.54 Å². The molecule has 2 aromatic rings. The monoisotopic (exact) mass is 178 g/mol. The summed E-state index contributed by atoms with van der Waals surface area (Å²) in [6, 6.07) is 5.03. The number of hydrogen-bond acceptors (Lipinski definition) is 2. The molecule has 0 bridgehead atoms. The quantitative estimate of drug-likeness (QED) is 0.685. The van der Waals surface area contributed by atoms with E-state index in [1.807, 2.05) is 6.92 Å². The van der Waals surface area contributed by atoms with Gasteiger partial charge in [0.2, 0.25) is 0 Å². The molecule has 0 aliphatic heterocycles. The van der Waals surface area contributed by atoms with Gasteiger partial charge in [0.1, 0.15) is 11.1 Å². The number of nitrogens with one attached hydrogen (secondary N) is 1. The minimum atomic E-state index is -0.241. The summed E-state index contributed by atoms with van der Waals surface area (Å²) in [6.45, 7) is 2.61. The van der Waals surface area contributed by atoms with Gasteiger partial charge in [-0.2, -0.15) is 0 Å². The van der Waals surface area contributed by atoms with E-state index in [9.17, 15) is 9.90 Å². The van der Waals surface area contributed by atoms with E-state index in [1.165, 1.54) is 6.07 Å². The Labute approximate surface area is 74.4 Å². The van der Waals surface area contributed by atoms with Gasteiger partial charge in [-0.25, -0.2) is 0 Å². The van der Waals surface area contributed by atoms with Crippen molar-refractivity contribution in [1.29, 1.82) is 0 Å². The van der Waals surface area contributed by atoms with Crippen LogP contribution in [0.2, 0.25) is 0 Å². The highest BCUT2D eigenvalue weighted by Crippen LogP contribution is 2.19. The van der Waals surface area contributed by atoms with Gasteiger partial charge in [-0.15, -0.1) is 0 Å². The van der Waals surface area contributed by atoms with E-state index in [2.05, 4.69) is 5.10 Å². The van der Waals surface area contributed by atoms with Gasteiger partial charge in [0, 0.05) is 6.54 Å². The molecule has 0 spiro atoms. The van der Waals surface area contributed by atoms with Crippen LogP contribution in [0, 0.1) is 0 Å². The molecular formula is C9H10N2O2. The van der Waals surface area contributed by atoms with Gasteiger partial charge in [-0.1, -0.05) is 6.07 Å². The molecule has 0 unspecified atom stereocenters. The molecule has 2 rings (SSSR count). The Morgan fingerprint density at radius 1 is 1.54 bits per heavy atom. The number of rotatable bonds is 1. The van der Waals surface area contributed by atoms with Crippen molar-refractivity contribution >= 4 is 10.9 Å². The fourth-order valence-electron chi connectivity index (χ4n) is 1.47. The van der Waals surface area contributed by atoms with E-state index >= 15 is 0 Å². The van der Waals surface area contributed by atoms with Crippen molar-refractivity contribution in [3.8, 4) is 5.75 Å². The highest BCUT2D eigenvalue weighted by molar-refractivity contribution is 5.84. The minimum Gasteiger partial charge on any atom is -0.507 e. The fourth-order valence-corrected chi connectivity index (χ4v) is 1.47. The molecule has 0 fully saturated rings. The van der Waals surface area contributed by atoms with Crippen molar-refractivity contribution in [2.75, 3.05) is 0 Å². The summed E-state index contributed by atoms with van der Waals surface area (Å²) in [4.78, 5) is 11.3. The number of aromatic nitrogens is 2. The van der Waals surface area contributed by atoms with Gasteiger partial charge < -0.3 is 5.11 Å². The third-order valence-corrected chi connectivity index (χ3v) is 2.09. The highest BCUT2D eigenvalue weighted by Gasteiger charge is 2.08. The minimum absolute atomic E-state index is 0.0333. The second-order valence-corrected chi connectivity index (χ2v) is 2.86. The van der Waals surface area contributed by atoms with Crippen LogP contribution >= 0.6 is 0 Å². The molecule has 0 radical (unpaired) electrons. The number of phenolic OH excluding ortho intramolecular Hbond substituents is 1. The van der Waals surface area contributed by atoms with E-state index in [4.69, 9.17) is 0 Å². The van der Waals surface area contributed by atoms with Crippen LogP contribution in [0.5, 0.6) is 5.75 Å². The van der Waals surface area contributed by atoms with E-state index in [-0.39, 0.29) is 11.3 Å². The Hall–Kier alpha value is -1.71. The SMILES string of the molecule is CCn1[nH]c(=O)c2c(O)cccc21. The molecule has 0 atom stereocenters. The standard InChI is InChI=1S/C9H10N2O2/c1-2-11-6-4-3-5-7(12)8(6)9(13)10-11/h3-5,12H,2H2,1H3,(H,10,13). The van der Waals surface area contributed by atoms with E-state index in [0.29, 0.717) is 11.9 Å². The van der Waals surface area contributed by atoms with Crippen LogP contribution in [-0.4, -0.2) is 14.9 Å². The highest BCUT2D eigenvalue weighted by atomic mass is 16.3. The van der Waals surface area contributed by atoms with Gasteiger partial charge in [-0.05, 0) is 19.1 Å². The first-order chi connectivity index (χ1) is 6.24. The number of nitrogens with zero attached hydrogens (tertiary/aromatic N) is 1. The third-order valence-electron chi connectivity index (χ3n) is 2.09. The Morgan fingerprint density at radius 2 is 2.31 bits per heavy atom. The number of hydrogen-bond donors (Lipinski definition) is 2. The van der Waals surface area contributed by atoms with Crippen molar-refractivity contribution in [2.45, 2.75) is 13.5 Å². The van der Waals surface area contributed by atoms with E-state index in [0.717, 1.165) is 5.52 Å². The van der Waals surface area contributed by atoms with Crippen LogP contribution < -0.4 is 5.56 Å². The molecule has 4 heteroatoms. The molecule has 1 aromatic carbocycles. The van der Waals surface area contributed by atoms with Crippen LogP contribution in [0.4, 0.5) is 0 Å². The average Bonchev–Trinajstić information content (AvgIpc) is 2.44. The number of benzene rings is 1. The van der Waals surface area contributed by atoms with Crippen molar-refractivity contribution in [2.24, 2.45) is 0 Å². The maximum atomic E-state index is 11.3. The number of aryl methyl sites for hydroxylation is 1. The summed E-state index contributed by atoms with van der Waals surface area (Å²) in [7, 11) is 0. The molecular weight excluding hydrogens is 168 g/mol. The number of phenols is 1. The van der Waals surface area contributed by atoms with Crippen molar-refractivity contribution in [3.05, 3.63) is 28.6 Å². The predicted molar refractivity (Wildman–Crippen MR) is 49.9 cm³/mol. The Balaban J connectivity index is 2.96. The second-order valence-electron chi connectivity index (χ2n) is 2.86. The zero-order chi connectivity index (χ0) is 9.42. The lowest BCUT2D eigenvalue weighted by Crippen LogP contribution is -2.03. The Bertz CT molecular complexity index is 496. The average molecular weight is 178 g/mol. The first kappa shape index (κ1) is 7.91. The topological polar surface area (TPSA) is 58.0 Å². The summed E-state index contributed by atoms with van der Waals surface area (Å²) in [5, 5.41) is 12.4. The van der Waals surface area contributed by atoms with E-state index in [1.54, 1.807) is 16.8 Å². The first-order valence-electron chi connectivity index (χ1n) is 4.14. The number of aromatic hydroxyl groups is 1. The molecule has 1 heterocycles. The second kappa shape index (κ2) is 2.65. The largest absolute Gasteiger partial charge is 0.507 e. The Kier molecular flexibility index (Phi) is 1.62. The first-order valence-corrected chi connectivity index (χ1v) is 4.14. The molecule has 1 aromatic heterocycles. The normalized spacial score (nSPS) is 10.8. The number of aromatic amines is 1. The molecule has 0 aliphatic carbocycles. The van der Waals surface area contributed by atoms with Crippen molar-refractivity contribution < 1.29 is 5.11 Å². The lowest BCUT2D eigenvalue weighted by molar-refractivity contribution is 0.481. The maximum absolute atomic E-state index is 11.3. The molecule has 4 nitrogen and oxygen atoms in total. The summed E-state index contributed by atoms with van der Waals surface area (Å²) >= 11 is 0. The summed E-state index contributed by atoms with van der Waals surface area (Å²) in [5.41, 5.74) is 0.502. The third kappa shape index (κ3) is 1.02. The fraction of sp³-hybridized carbons (Fsp3) is 0.222. The lowest BCUT2D eigenvalue weighted by atomic mass is 10.2. The number of H-pyrrole nitrogens is 1. The summed E-state index contributed by atoms with van der Waals surface area (Å²) in [5.74, 6) is 0.0333. The summed E-state index contributed by atoms with van der Waals surface area (Å²) in [6.07, 6.45) is 0. The lowest BCUT2D eigenvalue weighted by Gasteiger charge is -1.98. The molecule has 0 saturated carbocycles. The zero-order valence-corrected chi connectivity index (χ0v) is 7.24. The van der Waals surface area contributed by atoms with Crippen LogP contribution in [0.15, 0.2) is 23.0 Å². The molecule has 0 aliphatic rings. The Morgan fingerprint density at radius 3 is 3.00 bits per heavy atom. The van der Waals surface area contributed by atoms with Gasteiger partial charge in [0.05, 0.1) is 5.52 Å². The smallest absolute Gasteiger partial charge is 0.275 e. The maximum Gasteiger partial charge on any atom is 0.275 e. The molecule has 2 N–H and O–H groups in total. The van der Waals surface area contributed by atoms with Crippen LogP contribution in [0.3, 0.4) is 0 Å². The molecule has 0 amide bonds. The molecule has 68 valence electrons. The summed E-state index contributed by atoms with van der Waals surface area (Å²) < 4.78 is 1.71. The zero-order valence-electron chi connectivity index (χ0n) is 7.24. The van der Waals surface area contributed by atoms with Crippen molar-refractivity contribution in [1.82, 2.24) is 9.78 Å². The number of fused-ring (bicyclic) bond motifs is 1. The van der Waals surface area contributed by atoms with Gasteiger partial charge in [-0.3, -0.25) is 14.6 Å². The van der Waals surface area contributed by atoms with Crippen LogP contribution in [0.25, 0.3) is 10.9 Å². The molecule has 0 saturated heterocycles. The van der Waals surface area contributed by atoms with Crippen molar-refractivity contribution in [3.63, 3.8) is 0 Å². The molecule has 13 heavy (non-hydrogen) atoms. The van der Waals surface area contributed by atoms with Crippen LogP contribution in [0.1, 0.15) is 6.92 Å². The van der Waals surface area contributed by atoms with Gasteiger partial charge >= 0.3 is 0 Å².